The molecule has 0 unspecified atom stereocenters. The first-order valence-corrected chi connectivity index (χ1v) is 7.51. The Hall–Kier alpha value is -3.54. The molecule has 0 spiro atoms. The van der Waals surface area contributed by atoms with Gasteiger partial charge in [-0.25, -0.2) is 4.39 Å². The minimum atomic E-state index is -0.407. The van der Waals surface area contributed by atoms with Gasteiger partial charge in [0.15, 0.2) is 0 Å². The molecule has 1 heterocycles. The second kappa shape index (κ2) is 7.35. The zero-order valence-corrected chi connectivity index (χ0v) is 13.1. The van der Waals surface area contributed by atoms with E-state index in [2.05, 4.69) is 15.6 Å². The Balaban J connectivity index is 1.70. The SMILES string of the molecule is O=C(Nc1cccc(NC(=O)c2ccccn2)c1)c1ccc(F)cc1. The summed E-state index contributed by atoms with van der Waals surface area (Å²) >= 11 is 0. The molecule has 0 atom stereocenters. The minimum Gasteiger partial charge on any atom is -0.322 e. The highest BCUT2D eigenvalue weighted by Crippen LogP contribution is 2.17. The maximum atomic E-state index is 12.9. The van der Waals surface area contributed by atoms with Crippen molar-refractivity contribution in [1.82, 2.24) is 4.98 Å². The molecular formula is C19H14FN3O2. The van der Waals surface area contributed by atoms with E-state index in [9.17, 15) is 14.0 Å². The van der Waals surface area contributed by atoms with E-state index in [0.717, 1.165) is 0 Å². The molecule has 0 saturated carbocycles. The lowest BCUT2D eigenvalue weighted by Gasteiger charge is -2.09. The quantitative estimate of drug-likeness (QED) is 0.763. The summed E-state index contributed by atoms with van der Waals surface area (Å²) in [6, 6.07) is 17.0. The third-order valence-electron chi connectivity index (χ3n) is 3.38. The number of halogens is 1. The monoisotopic (exact) mass is 335 g/mol. The van der Waals surface area contributed by atoms with Crippen LogP contribution in [0.4, 0.5) is 15.8 Å². The molecule has 0 aliphatic heterocycles. The van der Waals surface area contributed by atoms with Gasteiger partial charge in [-0.15, -0.1) is 0 Å². The predicted octanol–water partition coefficient (Wildman–Crippen LogP) is 3.73. The Labute approximate surface area is 143 Å². The van der Waals surface area contributed by atoms with Crippen molar-refractivity contribution in [3.63, 3.8) is 0 Å². The molecule has 2 aromatic carbocycles. The van der Waals surface area contributed by atoms with E-state index in [1.54, 1.807) is 42.5 Å². The molecule has 5 nitrogen and oxygen atoms in total. The van der Waals surface area contributed by atoms with Gasteiger partial charge in [-0.3, -0.25) is 14.6 Å². The molecule has 1 aromatic heterocycles. The van der Waals surface area contributed by atoms with Crippen LogP contribution in [0.3, 0.4) is 0 Å². The highest BCUT2D eigenvalue weighted by molar-refractivity contribution is 6.05. The van der Waals surface area contributed by atoms with Crippen LogP contribution in [0, 0.1) is 5.82 Å². The van der Waals surface area contributed by atoms with E-state index in [4.69, 9.17) is 0 Å². The second-order valence-corrected chi connectivity index (χ2v) is 5.21. The van der Waals surface area contributed by atoms with Gasteiger partial charge in [-0.1, -0.05) is 12.1 Å². The van der Waals surface area contributed by atoms with E-state index in [0.29, 0.717) is 22.6 Å². The van der Waals surface area contributed by atoms with E-state index in [-0.39, 0.29) is 11.8 Å². The van der Waals surface area contributed by atoms with Crippen molar-refractivity contribution in [2.75, 3.05) is 10.6 Å². The standard InChI is InChI=1S/C19H14FN3O2/c20-14-9-7-13(8-10-14)18(24)22-15-4-3-5-16(12-15)23-19(25)17-6-1-2-11-21-17/h1-12H,(H,22,24)(H,23,25). The highest BCUT2D eigenvalue weighted by atomic mass is 19.1. The van der Waals surface area contributed by atoms with E-state index in [1.807, 2.05) is 0 Å². The first kappa shape index (κ1) is 16.3. The first-order chi connectivity index (χ1) is 12.1. The lowest BCUT2D eigenvalue weighted by atomic mass is 10.2. The van der Waals surface area contributed by atoms with Crippen LogP contribution >= 0.6 is 0 Å². The largest absolute Gasteiger partial charge is 0.322 e. The van der Waals surface area contributed by atoms with Crippen molar-refractivity contribution in [3.8, 4) is 0 Å². The van der Waals surface area contributed by atoms with Crippen molar-refractivity contribution < 1.29 is 14.0 Å². The van der Waals surface area contributed by atoms with Gasteiger partial charge < -0.3 is 10.6 Å². The molecule has 3 rings (SSSR count). The van der Waals surface area contributed by atoms with Gasteiger partial charge in [0.2, 0.25) is 0 Å². The molecule has 0 bridgehead atoms. The number of pyridine rings is 1. The lowest BCUT2D eigenvalue weighted by molar-refractivity contribution is 0.101. The number of hydrogen-bond donors (Lipinski definition) is 2. The number of hydrogen-bond acceptors (Lipinski definition) is 3. The van der Waals surface area contributed by atoms with Gasteiger partial charge in [0.25, 0.3) is 11.8 Å². The van der Waals surface area contributed by atoms with Crippen molar-refractivity contribution in [3.05, 3.63) is 90.0 Å². The van der Waals surface area contributed by atoms with Gasteiger partial charge in [-0.2, -0.15) is 0 Å². The first-order valence-electron chi connectivity index (χ1n) is 7.51. The Bertz CT molecular complexity index is 896. The van der Waals surface area contributed by atoms with Crippen LogP contribution in [0.2, 0.25) is 0 Å². The molecular weight excluding hydrogens is 321 g/mol. The van der Waals surface area contributed by atoms with Crippen molar-refractivity contribution in [2.45, 2.75) is 0 Å². The number of anilines is 2. The summed E-state index contributed by atoms with van der Waals surface area (Å²) in [5.41, 5.74) is 1.66. The summed E-state index contributed by atoms with van der Waals surface area (Å²) in [6.45, 7) is 0. The van der Waals surface area contributed by atoms with Crippen LogP contribution in [0.5, 0.6) is 0 Å². The van der Waals surface area contributed by atoms with Gasteiger partial charge in [0.1, 0.15) is 11.5 Å². The van der Waals surface area contributed by atoms with Crippen molar-refractivity contribution >= 4 is 23.2 Å². The maximum absolute atomic E-state index is 12.9. The average Bonchev–Trinajstić information content (AvgIpc) is 2.63. The molecule has 0 aliphatic rings. The topological polar surface area (TPSA) is 71.1 Å². The molecule has 6 heteroatoms. The third kappa shape index (κ3) is 4.26. The summed E-state index contributed by atoms with van der Waals surface area (Å²) in [7, 11) is 0. The van der Waals surface area contributed by atoms with Crippen LogP contribution in [0.15, 0.2) is 72.9 Å². The van der Waals surface area contributed by atoms with Crippen LogP contribution in [0.1, 0.15) is 20.8 Å². The zero-order chi connectivity index (χ0) is 17.6. The zero-order valence-electron chi connectivity index (χ0n) is 13.1. The van der Waals surface area contributed by atoms with Crippen LogP contribution in [0.25, 0.3) is 0 Å². The smallest absolute Gasteiger partial charge is 0.274 e. The number of carbonyl (C=O) groups is 2. The number of rotatable bonds is 4. The molecule has 0 radical (unpaired) electrons. The maximum Gasteiger partial charge on any atom is 0.274 e. The van der Waals surface area contributed by atoms with E-state index < -0.39 is 5.82 Å². The Kier molecular flexibility index (Phi) is 4.80. The highest BCUT2D eigenvalue weighted by Gasteiger charge is 2.09. The number of nitrogens with zero attached hydrogens (tertiary/aromatic N) is 1. The van der Waals surface area contributed by atoms with Crippen molar-refractivity contribution in [2.24, 2.45) is 0 Å². The number of amides is 2. The van der Waals surface area contributed by atoms with Gasteiger partial charge in [-0.05, 0) is 54.6 Å². The fourth-order valence-corrected chi connectivity index (χ4v) is 2.17. The van der Waals surface area contributed by atoms with Crippen LogP contribution < -0.4 is 10.6 Å². The van der Waals surface area contributed by atoms with Gasteiger partial charge in [0.05, 0.1) is 0 Å². The summed E-state index contributed by atoms with van der Waals surface area (Å²) in [4.78, 5) is 28.2. The van der Waals surface area contributed by atoms with Crippen LogP contribution in [-0.2, 0) is 0 Å². The molecule has 0 fully saturated rings. The molecule has 25 heavy (non-hydrogen) atoms. The molecule has 0 saturated heterocycles. The summed E-state index contributed by atoms with van der Waals surface area (Å²) in [6.07, 6.45) is 1.54. The summed E-state index contributed by atoms with van der Waals surface area (Å²) in [5, 5.41) is 5.42. The average molecular weight is 335 g/mol. The normalized spacial score (nSPS) is 10.1. The van der Waals surface area contributed by atoms with Gasteiger partial charge in [0, 0.05) is 23.1 Å². The Morgan fingerprint density at radius 3 is 2.12 bits per heavy atom. The number of aromatic nitrogens is 1. The van der Waals surface area contributed by atoms with Gasteiger partial charge >= 0.3 is 0 Å². The molecule has 2 amide bonds. The second-order valence-electron chi connectivity index (χ2n) is 5.21. The molecule has 2 N–H and O–H groups in total. The summed E-state index contributed by atoms with van der Waals surface area (Å²) < 4.78 is 12.9. The third-order valence-corrected chi connectivity index (χ3v) is 3.38. The summed E-state index contributed by atoms with van der Waals surface area (Å²) in [5.74, 6) is -1.12. The van der Waals surface area contributed by atoms with E-state index >= 15 is 0 Å². The Morgan fingerprint density at radius 2 is 1.48 bits per heavy atom. The fourth-order valence-electron chi connectivity index (χ4n) is 2.17. The minimum absolute atomic E-state index is 0.295. The molecule has 124 valence electrons. The lowest BCUT2D eigenvalue weighted by Crippen LogP contribution is -2.14. The molecule has 3 aromatic rings. The number of benzene rings is 2. The van der Waals surface area contributed by atoms with Crippen molar-refractivity contribution in [1.29, 1.82) is 0 Å². The number of nitrogens with one attached hydrogen (secondary N) is 2. The fraction of sp³-hybridized carbons (Fsp3) is 0. The molecule has 0 aliphatic carbocycles. The number of carbonyl (C=O) groups excluding carboxylic acids is 2. The predicted molar refractivity (Wildman–Crippen MR) is 93.0 cm³/mol. The van der Waals surface area contributed by atoms with Crippen LogP contribution in [-0.4, -0.2) is 16.8 Å². The van der Waals surface area contributed by atoms with E-state index in [1.165, 1.54) is 30.5 Å². The Morgan fingerprint density at radius 1 is 0.800 bits per heavy atom.